The van der Waals surface area contributed by atoms with Gasteiger partial charge in [-0.05, 0) is 31.5 Å². The van der Waals surface area contributed by atoms with Crippen LogP contribution in [0.2, 0.25) is 0 Å². The molecule has 1 aromatic carbocycles. The number of esters is 1. The summed E-state index contributed by atoms with van der Waals surface area (Å²) in [6, 6.07) is 3.88. The third-order valence-electron chi connectivity index (χ3n) is 2.38. The van der Waals surface area contributed by atoms with Crippen molar-refractivity contribution in [2.75, 3.05) is 13.2 Å². The van der Waals surface area contributed by atoms with E-state index in [9.17, 15) is 9.18 Å². The van der Waals surface area contributed by atoms with Gasteiger partial charge in [0, 0.05) is 6.04 Å². The quantitative estimate of drug-likeness (QED) is 0.791. The molecule has 0 spiro atoms. The van der Waals surface area contributed by atoms with Crippen LogP contribution >= 0.6 is 0 Å². The highest BCUT2D eigenvalue weighted by atomic mass is 19.1. The number of rotatable bonds is 6. The van der Waals surface area contributed by atoms with Gasteiger partial charge in [0.15, 0.2) is 11.6 Å². The normalized spacial score (nSPS) is 12.0. The van der Waals surface area contributed by atoms with Crippen molar-refractivity contribution in [2.45, 2.75) is 26.3 Å². The Bertz CT molecular complexity index is 409. The SMILES string of the molecule is CCOC(=O)CC(N)c1ccc(OCC)c(F)c1. The highest BCUT2D eigenvalue weighted by molar-refractivity contribution is 5.70. The topological polar surface area (TPSA) is 61.5 Å². The third kappa shape index (κ3) is 4.00. The lowest BCUT2D eigenvalue weighted by molar-refractivity contribution is -0.143. The van der Waals surface area contributed by atoms with E-state index in [0.717, 1.165) is 0 Å². The Morgan fingerprint density at radius 2 is 2.11 bits per heavy atom. The second kappa shape index (κ2) is 6.96. The van der Waals surface area contributed by atoms with Crippen LogP contribution in [0.1, 0.15) is 31.9 Å². The highest BCUT2D eigenvalue weighted by Gasteiger charge is 2.14. The molecule has 0 saturated heterocycles. The number of hydrogen-bond donors (Lipinski definition) is 1. The van der Waals surface area contributed by atoms with Crippen molar-refractivity contribution in [3.05, 3.63) is 29.6 Å². The first-order valence-electron chi connectivity index (χ1n) is 5.91. The molecule has 0 aliphatic heterocycles. The summed E-state index contributed by atoms with van der Waals surface area (Å²) in [5, 5.41) is 0. The summed E-state index contributed by atoms with van der Waals surface area (Å²) in [4.78, 5) is 11.3. The first-order chi connectivity index (χ1) is 8.58. The Balaban J connectivity index is 2.71. The molecule has 0 bridgehead atoms. The van der Waals surface area contributed by atoms with Gasteiger partial charge in [0.2, 0.25) is 0 Å². The second-order valence-corrected chi connectivity index (χ2v) is 3.74. The standard InChI is InChI=1S/C13H18FNO3/c1-3-17-12-6-5-9(7-10(12)14)11(15)8-13(16)18-4-2/h5-7,11H,3-4,8,15H2,1-2H3. The van der Waals surface area contributed by atoms with Crippen LogP contribution in [0.5, 0.6) is 5.75 Å². The van der Waals surface area contributed by atoms with Crippen LogP contribution in [0, 0.1) is 5.82 Å². The van der Waals surface area contributed by atoms with Crippen molar-refractivity contribution < 1.29 is 18.7 Å². The number of ether oxygens (including phenoxy) is 2. The Kier molecular flexibility index (Phi) is 5.58. The van der Waals surface area contributed by atoms with Gasteiger partial charge < -0.3 is 15.2 Å². The number of halogens is 1. The summed E-state index contributed by atoms with van der Waals surface area (Å²) in [7, 11) is 0. The molecule has 1 atom stereocenters. The Morgan fingerprint density at radius 3 is 2.67 bits per heavy atom. The lowest BCUT2D eigenvalue weighted by atomic mass is 10.0. The zero-order chi connectivity index (χ0) is 13.5. The van der Waals surface area contributed by atoms with E-state index in [4.69, 9.17) is 15.2 Å². The highest BCUT2D eigenvalue weighted by Crippen LogP contribution is 2.22. The average molecular weight is 255 g/mol. The van der Waals surface area contributed by atoms with Gasteiger partial charge in [-0.25, -0.2) is 4.39 Å². The van der Waals surface area contributed by atoms with Gasteiger partial charge in [0.05, 0.1) is 19.6 Å². The molecule has 0 amide bonds. The number of carbonyl (C=O) groups excluding carboxylic acids is 1. The third-order valence-corrected chi connectivity index (χ3v) is 2.38. The van der Waals surface area contributed by atoms with E-state index < -0.39 is 11.9 Å². The number of benzene rings is 1. The van der Waals surface area contributed by atoms with E-state index >= 15 is 0 Å². The largest absolute Gasteiger partial charge is 0.491 e. The first-order valence-corrected chi connectivity index (χ1v) is 5.91. The van der Waals surface area contributed by atoms with Crippen molar-refractivity contribution in [3.63, 3.8) is 0 Å². The number of carbonyl (C=O) groups is 1. The summed E-state index contributed by atoms with van der Waals surface area (Å²) < 4.78 is 23.5. The number of hydrogen-bond acceptors (Lipinski definition) is 4. The molecule has 1 unspecified atom stereocenters. The van der Waals surface area contributed by atoms with Crippen molar-refractivity contribution in [2.24, 2.45) is 5.73 Å². The summed E-state index contributed by atoms with van der Waals surface area (Å²) in [5.74, 6) is -0.683. The van der Waals surface area contributed by atoms with Gasteiger partial charge in [-0.3, -0.25) is 4.79 Å². The number of nitrogens with two attached hydrogens (primary N) is 1. The molecule has 0 heterocycles. The minimum absolute atomic E-state index is 0.0290. The Hall–Kier alpha value is -1.62. The van der Waals surface area contributed by atoms with E-state index in [1.54, 1.807) is 19.9 Å². The van der Waals surface area contributed by atoms with Crippen LogP contribution in [0.4, 0.5) is 4.39 Å². The van der Waals surface area contributed by atoms with Gasteiger partial charge in [-0.1, -0.05) is 6.07 Å². The van der Waals surface area contributed by atoms with Crippen LogP contribution in [0.3, 0.4) is 0 Å². The molecule has 0 radical (unpaired) electrons. The Labute approximate surface area is 106 Å². The fourth-order valence-electron chi connectivity index (χ4n) is 1.54. The van der Waals surface area contributed by atoms with Gasteiger partial charge in [-0.2, -0.15) is 0 Å². The van der Waals surface area contributed by atoms with Crippen LogP contribution in [0.25, 0.3) is 0 Å². The molecule has 0 saturated carbocycles. The Morgan fingerprint density at radius 1 is 1.39 bits per heavy atom. The maximum atomic E-state index is 13.6. The minimum atomic E-state index is -0.575. The fraction of sp³-hybridized carbons (Fsp3) is 0.462. The van der Waals surface area contributed by atoms with Gasteiger partial charge in [-0.15, -0.1) is 0 Å². The monoisotopic (exact) mass is 255 g/mol. The molecule has 0 fully saturated rings. The van der Waals surface area contributed by atoms with Gasteiger partial charge >= 0.3 is 5.97 Å². The van der Waals surface area contributed by atoms with Crippen LogP contribution < -0.4 is 10.5 Å². The molecule has 100 valence electrons. The van der Waals surface area contributed by atoms with Crippen LogP contribution in [-0.2, 0) is 9.53 Å². The molecular weight excluding hydrogens is 237 g/mol. The fourth-order valence-corrected chi connectivity index (χ4v) is 1.54. The predicted molar refractivity (Wildman–Crippen MR) is 65.7 cm³/mol. The molecule has 18 heavy (non-hydrogen) atoms. The molecule has 0 aliphatic carbocycles. The summed E-state index contributed by atoms with van der Waals surface area (Å²) in [6.07, 6.45) is 0.0290. The smallest absolute Gasteiger partial charge is 0.307 e. The molecular formula is C13H18FNO3. The zero-order valence-corrected chi connectivity index (χ0v) is 10.6. The molecule has 0 aromatic heterocycles. The summed E-state index contributed by atoms with van der Waals surface area (Å²) in [5.41, 5.74) is 6.36. The van der Waals surface area contributed by atoms with E-state index in [0.29, 0.717) is 18.8 Å². The van der Waals surface area contributed by atoms with Crippen molar-refractivity contribution in [1.29, 1.82) is 0 Å². The zero-order valence-electron chi connectivity index (χ0n) is 10.6. The molecule has 0 aliphatic rings. The van der Waals surface area contributed by atoms with E-state index in [-0.39, 0.29) is 18.1 Å². The second-order valence-electron chi connectivity index (χ2n) is 3.74. The summed E-state index contributed by atoms with van der Waals surface area (Å²) in [6.45, 7) is 4.20. The summed E-state index contributed by atoms with van der Waals surface area (Å²) >= 11 is 0. The minimum Gasteiger partial charge on any atom is -0.491 e. The molecule has 1 rings (SSSR count). The van der Waals surface area contributed by atoms with Crippen LogP contribution in [0.15, 0.2) is 18.2 Å². The van der Waals surface area contributed by atoms with Crippen LogP contribution in [-0.4, -0.2) is 19.2 Å². The van der Waals surface area contributed by atoms with Crippen molar-refractivity contribution in [3.8, 4) is 5.75 Å². The average Bonchev–Trinajstić information content (AvgIpc) is 2.32. The molecule has 2 N–H and O–H groups in total. The van der Waals surface area contributed by atoms with E-state index in [1.807, 2.05) is 0 Å². The van der Waals surface area contributed by atoms with Gasteiger partial charge in [0.1, 0.15) is 0 Å². The maximum Gasteiger partial charge on any atom is 0.307 e. The van der Waals surface area contributed by atoms with E-state index in [1.165, 1.54) is 12.1 Å². The predicted octanol–water partition coefficient (Wildman–Crippen LogP) is 2.18. The molecule has 1 aromatic rings. The lowest BCUT2D eigenvalue weighted by Gasteiger charge is -2.12. The first kappa shape index (κ1) is 14.4. The van der Waals surface area contributed by atoms with Crippen molar-refractivity contribution >= 4 is 5.97 Å². The molecule has 5 heteroatoms. The lowest BCUT2D eigenvalue weighted by Crippen LogP contribution is -2.17. The van der Waals surface area contributed by atoms with E-state index in [2.05, 4.69) is 0 Å². The van der Waals surface area contributed by atoms with Gasteiger partial charge in [0.25, 0.3) is 0 Å². The molecule has 4 nitrogen and oxygen atoms in total. The van der Waals surface area contributed by atoms with Crippen molar-refractivity contribution in [1.82, 2.24) is 0 Å². The maximum absolute atomic E-state index is 13.6.